The number of rotatable bonds is 5. The standard InChI is InChI=1S/C13H21NO2S/c1-13(2,3)10-7-11-14-17(15,16)12-8-5-4-6-9-12/h4-6,8-9,14H,7,10-11H2,1-3H3. The minimum absolute atomic E-state index is 0.248. The van der Waals surface area contributed by atoms with Crippen molar-refractivity contribution in [2.45, 2.75) is 38.5 Å². The Morgan fingerprint density at radius 2 is 1.71 bits per heavy atom. The van der Waals surface area contributed by atoms with Crippen LogP contribution in [0.5, 0.6) is 0 Å². The van der Waals surface area contributed by atoms with E-state index in [-0.39, 0.29) is 5.41 Å². The molecule has 0 aliphatic carbocycles. The zero-order chi connectivity index (χ0) is 12.9. The third-order valence-corrected chi connectivity index (χ3v) is 3.93. The highest BCUT2D eigenvalue weighted by atomic mass is 32.2. The molecule has 0 spiro atoms. The number of nitrogens with one attached hydrogen (secondary N) is 1. The van der Waals surface area contributed by atoms with E-state index in [4.69, 9.17) is 0 Å². The Hall–Kier alpha value is -0.870. The van der Waals surface area contributed by atoms with Gasteiger partial charge in [-0.2, -0.15) is 0 Å². The Morgan fingerprint density at radius 3 is 2.24 bits per heavy atom. The Balaban J connectivity index is 2.47. The highest BCUT2D eigenvalue weighted by Gasteiger charge is 2.14. The average Bonchev–Trinajstić information content (AvgIpc) is 2.25. The second-order valence-corrected chi connectivity index (χ2v) is 7.14. The molecule has 0 radical (unpaired) electrons. The Kier molecular flexibility index (Phi) is 4.71. The Morgan fingerprint density at radius 1 is 1.12 bits per heavy atom. The van der Waals surface area contributed by atoms with Crippen molar-refractivity contribution < 1.29 is 8.42 Å². The van der Waals surface area contributed by atoms with E-state index >= 15 is 0 Å². The summed E-state index contributed by atoms with van der Waals surface area (Å²) in [6, 6.07) is 8.46. The van der Waals surface area contributed by atoms with Crippen molar-refractivity contribution in [2.24, 2.45) is 5.41 Å². The summed E-state index contributed by atoms with van der Waals surface area (Å²) in [5.41, 5.74) is 0.248. The van der Waals surface area contributed by atoms with Gasteiger partial charge in [0.05, 0.1) is 4.90 Å². The minimum Gasteiger partial charge on any atom is -0.211 e. The van der Waals surface area contributed by atoms with E-state index in [0.29, 0.717) is 11.4 Å². The highest BCUT2D eigenvalue weighted by Crippen LogP contribution is 2.20. The molecule has 1 aromatic rings. The zero-order valence-corrected chi connectivity index (χ0v) is 11.5. The van der Waals surface area contributed by atoms with E-state index in [1.54, 1.807) is 30.3 Å². The van der Waals surface area contributed by atoms with Gasteiger partial charge in [-0.25, -0.2) is 13.1 Å². The molecule has 0 aliphatic rings. The van der Waals surface area contributed by atoms with Crippen LogP contribution in [-0.2, 0) is 10.0 Å². The predicted octanol–water partition coefficient (Wildman–Crippen LogP) is 2.79. The van der Waals surface area contributed by atoms with E-state index in [1.807, 2.05) is 0 Å². The molecule has 0 atom stereocenters. The van der Waals surface area contributed by atoms with Crippen LogP contribution in [0.2, 0.25) is 0 Å². The molecule has 4 heteroatoms. The summed E-state index contributed by atoms with van der Waals surface area (Å²) >= 11 is 0. The van der Waals surface area contributed by atoms with Crippen LogP contribution in [0.25, 0.3) is 0 Å². The maximum absolute atomic E-state index is 11.8. The molecule has 0 unspecified atom stereocenters. The lowest BCUT2D eigenvalue weighted by molar-refractivity contribution is 0.365. The predicted molar refractivity (Wildman–Crippen MR) is 70.3 cm³/mol. The maximum atomic E-state index is 11.8. The molecule has 3 nitrogen and oxygen atoms in total. The van der Waals surface area contributed by atoms with Crippen LogP contribution in [0.1, 0.15) is 33.6 Å². The van der Waals surface area contributed by atoms with Crippen molar-refractivity contribution in [3.63, 3.8) is 0 Å². The molecule has 0 aromatic heterocycles. The molecule has 0 aliphatic heterocycles. The first-order valence-corrected chi connectivity index (χ1v) is 7.34. The summed E-state index contributed by atoms with van der Waals surface area (Å²) < 4.78 is 26.3. The van der Waals surface area contributed by atoms with Crippen molar-refractivity contribution >= 4 is 10.0 Å². The van der Waals surface area contributed by atoms with Gasteiger partial charge in [-0.3, -0.25) is 0 Å². The topological polar surface area (TPSA) is 46.2 Å². The molecule has 17 heavy (non-hydrogen) atoms. The van der Waals surface area contributed by atoms with E-state index < -0.39 is 10.0 Å². The summed E-state index contributed by atoms with van der Waals surface area (Å²) in [5.74, 6) is 0. The van der Waals surface area contributed by atoms with Gasteiger partial charge in [0.2, 0.25) is 10.0 Å². The molecule has 1 rings (SSSR count). The van der Waals surface area contributed by atoms with Crippen LogP contribution >= 0.6 is 0 Å². The summed E-state index contributed by atoms with van der Waals surface area (Å²) in [7, 11) is -3.33. The molecule has 0 saturated carbocycles. The van der Waals surface area contributed by atoms with Gasteiger partial charge in [0.1, 0.15) is 0 Å². The third kappa shape index (κ3) is 5.33. The molecule has 96 valence electrons. The highest BCUT2D eigenvalue weighted by molar-refractivity contribution is 7.89. The van der Waals surface area contributed by atoms with Gasteiger partial charge in [-0.05, 0) is 30.4 Å². The van der Waals surface area contributed by atoms with Crippen molar-refractivity contribution in [1.82, 2.24) is 4.72 Å². The van der Waals surface area contributed by atoms with E-state index in [2.05, 4.69) is 25.5 Å². The number of sulfonamides is 1. The van der Waals surface area contributed by atoms with Crippen LogP contribution in [-0.4, -0.2) is 15.0 Å². The van der Waals surface area contributed by atoms with Crippen LogP contribution in [0, 0.1) is 5.41 Å². The Bertz CT molecular complexity index is 432. The van der Waals surface area contributed by atoms with Crippen LogP contribution in [0.4, 0.5) is 0 Å². The molecular formula is C13H21NO2S. The first kappa shape index (κ1) is 14.2. The largest absolute Gasteiger partial charge is 0.240 e. The Labute approximate surface area is 104 Å². The van der Waals surface area contributed by atoms with Gasteiger partial charge in [-0.1, -0.05) is 39.0 Å². The smallest absolute Gasteiger partial charge is 0.211 e. The summed E-state index contributed by atoms with van der Waals surface area (Å²) in [6.07, 6.45) is 1.86. The van der Waals surface area contributed by atoms with Crippen molar-refractivity contribution in [3.05, 3.63) is 30.3 Å². The molecular weight excluding hydrogens is 234 g/mol. The average molecular weight is 255 g/mol. The fraction of sp³-hybridized carbons (Fsp3) is 0.538. The van der Waals surface area contributed by atoms with Crippen molar-refractivity contribution in [3.8, 4) is 0 Å². The lowest BCUT2D eigenvalue weighted by atomic mass is 9.91. The van der Waals surface area contributed by atoms with Gasteiger partial charge in [0.25, 0.3) is 0 Å². The van der Waals surface area contributed by atoms with E-state index in [9.17, 15) is 8.42 Å². The van der Waals surface area contributed by atoms with Gasteiger partial charge in [0.15, 0.2) is 0 Å². The van der Waals surface area contributed by atoms with Crippen molar-refractivity contribution in [2.75, 3.05) is 6.54 Å². The van der Waals surface area contributed by atoms with Gasteiger partial charge in [-0.15, -0.1) is 0 Å². The zero-order valence-electron chi connectivity index (χ0n) is 10.7. The van der Waals surface area contributed by atoms with E-state index in [1.165, 1.54) is 0 Å². The second-order valence-electron chi connectivity index (χ2n) is 5.38. The summed E-state index contributed by atoms with van der Waals surface area (Å²) in [4.78, 5) is 0.329. The SMILES string of the molecule is CC(C)(C)CCCNS(=O)(=O)c1ccccc1. The summed E-state index contributed by atoms with van der Waals surface area (Å²) in [6.45, 7) is 6.95. The lowest BCUT2D eigenvalue weighted by Crippen LogP contribution is -2.25. The van der Waals surface area contributed by atoms with Crippen molar-refractivity contribution in [1.29, 1.82) is 0 Å². The molecule has 0 amide bonds. The molecule has 0 heterocycles. The first-order valence-electron chi connectivity index (χ1n) is 5.86. The second kappa shape index (κ2) is 5.65. The molecule has 0 fully saturated rings. The van der Waals surface area contributed by atoms with Gasteiger partial charge < -0.3 is 0 Å². The van der Waals surface area contributed by atoms with E-state index in [0.717, 1.165) is 12.8 Å². The fourth-order valence-electron chi connectivity index (χ4n) is 1.51. The maximum Gasteiger partial charge on any atom is 0.240 e. The molecule has 1 N–H and O–H groups in total. The molecule has 0 bridgehead atoms. The molecule has 1 aromatic carbocycles. The quantitative estimate of drug-likeness (QED) is 0.822. The molecule has 0 saturated heterocycles. The number of hydrogen-bond donors (Lipinski definition) is 1. The number of hydrogen-bond acceptors (Lipinski definition) is 2. The number of benzene rings is 1. The first-order chi connectivity index (χ1) is 7.81. The summed E-state index contributed by atoms with van der Waals surface area (Å²) in [5, 5.41) is 0. The normalized spacial score (nSPS) is 12.6. The van der Waals surface area contributed by atoms with Gasteiger partial charge in [0, 0.05) is 6.54 Å². The minimum atomic E-state index is -3.33. The van der Waals surface area contributed by atoms with Crippen LogP contribution < -0.4 is 4.72 Å². The van der Waals surface area contributed by atoms with Gasteiger partial charge >= 0.3 is 0 Å². The third-order valence-electron chi connectivity index (χ3n) is 2.45. The fourth-order valence-corrected chi connectivity index (χ4v) is 2.60. The van der Waals surface area contributed by atoms with Crippen LogP contribution in [0.3, 0.4) is 0 Å². The lowest BCUT2D eigenvalue weighted by Gasteiger charge is -2.17. The van der Waals surface area contributed by atoms with Crippen LogP contribution in [0.15, 0.2) is 35.2 Å². The monoisotopic (exact) mass is 255 g/mol.